The zero-order valence-electron chi connectivity index (χ0n) is 18.2. The van der Waals surface area contributed by atoms with Crippen molar-refractivity contribution in [1.82, 2.24) is 4.57 Å². The quantitative estimate of drug-likeness (QED) is 0.351. The lowest BCUT2D eigenvalue weighted by Gasteiger charge is -2.14. The average molecular weight is 478 g/mol. The summed E-state index contributed by atoms with van der Waals surface area (Å²) in [4.78, 5) is 25.6. The standard InChI is InChI=1S/C26H21ClFN3O3/c1-34-24-12-10-19(15-22(24)30-25(32)20-11-9-18(27)14-21(20)28)29-26(33)23-8-5-13-31(23)16-17-6-3-2-4-7-17/h2-15H,16H2,1H3,(H,29,33)(H,30,32). The summed E-state index contributed by atoms with van der Waals surface area (Å²) >= 11 is 5.76. The van der Waals surface area contributed by atoms with Crippen LogP contribution in [0.3, 0.4) is 0 Å². The Morgan fingerprint density at radius 3 is 2.47 bits per heavy atom. The molecule has 1 aromatic heterocycles. The lowest BCUT2D eigenvalue weighted by molar-refractivity contribution is 0.101. The van der Waals surface area contributed by atoms with Gasteiger partial charge in [0.1, 0.15) is 17.3 Å². The van der Waals surface area contributed by atoms with E-state index in [1.165, 1.54) is 19.2 Å². The van der Waals surface area contributed by atoms with Crippen LogP contribution in [0.1, 0.15) is 26.4 Å². The molecule has 0 saturated heterocycles. The van der Waals surface area contributed by atoms with Crippen LogP contribution in [0, 0.1) is 5.82 Å². The molecule has 0 aliphatic rings. The zero-order chi connectivity index (χ0) is 24.1. The van der Waals surface area contributed by atoms with Gasteiger partial charge in [-0.2, -0.15) is 0 Å². The average Bonchev–Trinajstić information content (AvgIpc) is 3.28. The van der Waals surface area contributed by atoms with Crippen molar-refractivity contribution in [3.63, 3.8) is 0 Å². The highest BCUT2D eigenvalue weighted by Crippen LogP contribution is 2.29. The maximum atomic E-state index is 14.2. The summed E-state index contributed by atoms with van der Waals surface area (Å²) in [5.74, 6) is -1.37. The molecule has 0 spiro atoms. The Balaban J connectivity index is 1.53. The van der Waals surface area contributed by atoms with E-state index < -0.39 is 11.7 Å². The smallest absolute Gasteiger partial charge is 0.272 e. The van der Waals surface area contributed by atoms with Crippen molar-refractivity contribution in [2.24, 2.45) is 0 Å². The zero-order valence-corrected chi connectivity index (χ0v) is 19.0. The van der Waals surface area contributed by atoms with Crippen molar-refractivity contribution in [3.05, 3.63) is 113 Å². The summed E-state index contributed by atoms with van der Waals surface area (Å²) in [6, 6.07) is 21.9. The highest BCUT2D eigenvalue weighted by molar-refractivity contribution is 6.30. The van der Waals surface area contributed by atoms with Crippen LogP contribution in [-0.2, 0) is 6.54 Å². The SMILES string of the molecule is COc1ccc(NC(=O)c2cccn2Cc2ccccc2)cc1NC(=O)c1ccc(Cl)cc1F. The molecule has 0 unspecified atom stereocenters. The second kappa shape index (κ2) is 10.2. The van der Waals surface area contributed by atoms with Crippen molar-refractivity contribution in [3.8, 4) is 5.75 Å². The molecular weight excluding hydrogens is 457 g/mol. The second-order valence-corrected chi connectivity index (χ2v) is 7.89. The van der Waals surface area contributed by atoms with Gasteiger partial charge in [0.2, 0.25) is 0 Å². The molecule has 0 fully saturated rings. The topological polar surface area (TPSA) is 72.4 Å². The highest BCUT2D eigenvalue weighted by Gasteiger charge is 2.16. The third kappa shape index (κ3) is 5.27. The van der Waals surface area contributed by atoms with Gasteiger partial charge in [0, 0.05) is 23.5 Å². The Kier molecular flexibility index (Phi) is 6.94. The molecule has 4 aromatic rings. The van der Waals surface area contributed by atoms with Gasteiger partial charge in [-0.15, -0.1) is 0 Å². The van der Waals surface area contributed by atoms with Crippen molar-refractivity contribution in [1.29, 1.82) is 0 Å². The van der Waals surface area contributed by atoms with E-state index in [0.29, 0.717) is 23.7 Å². The predicted octanol–water partition coefficient (Wildman–Crippen LogP) is 5.84. The number of hydrogen-bond acceptors (Lipinski definition) is 3. The number of methoxy groups -OCH3 is 1. The van der Waals surface area contributed by atoms with Gasteiger partial charge in [-0.05, 0) is 54.1 Å². The molecule has 2 N–H and O–H groups in total. The molecule has 6 nitrogen and oxygen atoms in total. The molecule has 0 aliphatic carbocycles. The summed E-state index contributed by atoms with van der Waals surface area (Å²) in [6.45, 7) is 0.549. The van der Waals surface area contributed by atoms with Gasteiger partial charge in [0.05, 0.1) is 18.4 Å². The van der Waals surface area contributed by atoms with E-state index in [2.05, 4.69) is 10.6 Å². The molecule has 34 heavy (non-hydrogen) atoms. The van der Waals surface area contributed by atoms with E-state index in [4.69, 9.17) is 16.3 Å². The Morgan fingerprint density at radius 2 is 1.74 bits per heavy atom. The predicted molar refractivity (Wildman–Crippen MR) is 130 cm³/mol. The van der Waals surface area contributed by atoms with Gasteiger partial charge in [-0.25, -0.2) is 4.39 Å². The molecule has 0 atom stereocenters. The molecule has 0 saturated carbocycles. The van der Waals surface area contributed by atoms with Gasteiger partial charge in [0.25, 0.3) is 11.8 Å². The fraction of sp³-hybridized carbons (Fsp3) is 0.0769. The van der Waals surface area contributed by atoms with Crippen molar-refractivity contribution < 1.29 is 18.7 Å². The van der Waals surface area contributed by atoms with Crippen LogP contribution in [0.25, 0.3) is 0 Å². The van der Waals surface area contributed by atoms with Crippen molar-refractivity contribution >= 4 is 34.8 Å². The van der Waals surface area contributed by atoms with E-state index in [1.54, 1.807) is 30.3 Å². The summed E-state index contributed by atoms with van der Waals surface area (Å²) < 4.78 is 21.3. The van der Waals surface area contributed by atoms with Crippen LogP contribution in [0.2, 0.25) is 5.02 Å². The van der Waals surface area contributed by atoms with Gasteiger partial charge >= 0.3 is 0 Å². The number of amides is 2. The van der Waals surface area contributed by atoms with E-state index in [9.17, 15) is 14.0 Å². The maximum absolute atomic E-state index is 14.2. The maximum Gasteiger partial charge on any atom is 0.272 e. The number of halogens is 2. The van der Waals surface area contributed by atoms with E-state index in [1.807, 2.05) is 41.1 Å². The van der Waals surface area contributed by atoms with Crippen LogP contribution in [0.4, 0.5) is 15.8 Å². The molecule has 1 heterocycles. The van der Waals surface area contributed by atoms with Gasteiger partial charge in [-0.3, -0.25) is 9.59 Å². The number of hydrogen-bond donors (Lipinski definition) is 2. The number of nitrogens with one attached hydrogen (secondary N) is 2. The van der Waals surface area contributed by atoms with Crippen LogP contribution in [0.15, 0.2) is 85.1 Å². The van der Waals surface area contributed by atoms with E-state index in [0.717, 1.165) is 11.6 Å². The first-order valence-corrected chi connectivity index (χ1v) is 10.8. The molecule has 8 heteroatoms. The Labute approximate surface area is 200 Å². The number of nitrogens with zero attached hydrogens (tertiary/aromatic N) is 1. The van der Waals surface area contributed by atoms with Gasteiger partial charge in [-0.1, -0.05) is 41.9 Å². The summed E-state index contributed by atoms with van der Waals surface area (Å²) in [7, 11) is 1.45. The largest absolute Gasteiger partial charge is 0.495 e. The molecule has 4 rings (SSSR count). The van der Waals surface area contributed by atoms with Crippen LogP contribution >= 0.6 is 11.6 Å². The van der Waals surface area contributed by atoms with Crippen LogP contribution in [0.5, 0.6) is 5.75 Å². The van der Waals surface area contributed by atoms with E-state index in [-0.39, 0.29) is 22.2 Å². The lowest BCUT2D eigenvalue weighted by Crippen LogP contribution is -2.18. The van der Waals surface area contributed by atoms with Gasteiger partial charge < -0.3 is 19.9 Å². The molecular formula is C26H21ClFN3O3. The molecule has 172 valence electrons. The fourth-order valence-electron chi connectivity index (χ4n) is 3.48. The summed E-state index contributed by atoms with van der Waals surface area (Å²) in [5.41, 5.74) is 2.09. The number of carbonyl (C=O) groups is 2. The third-order valence-corrected chi connectivity index (χ3v) is 5.37. The molecule has 0 aliphatic heterocycles. The number of ether oxygens (including phenoxy) is 1. The van der Waals surface area contributed by atoms with Crippen LogP contribution < -0.4 is 15.4 Å². The minimum Gasteiger partial charge on any atom is -0.495 e. The Bertz CT molecular complexity index is 1340. The second-order valence-electron chi connectivity index (χ2n) is 7.45. The first-order chi connectivity index (χ1) is 16.4. The molecule has 0 bridgehead atoms. The van der Waals surface area contributed by atoms with Gasteiger partial charge in [0.15, 0.2) is 0 Å². The van der Waals surface area contributed by atoms with Crippen molar-refractivity contribution in [2.45, 2.75) is 6.54 Å². The number of benzene rings is 3. The minimum absolute atomic E-state index is 0.167. The monoisotopic (exact) mass is 477 g/mol. The first-order valence-electron chi connectivity index (χ1n) is 10.4. The Hall–Kier alpha value is -4.10. The Morgan fingerprint density at radius 1 is 0.941 bits per heavy atom. The molecule has 3 aromatic carbocycles. The number of rotatable bonds is 7. The normalized spacial score (nSPS) is 10.6. The number of anilines is 2. The first kappa shape index (κ1) is 23.1. The molecule has 2 amide bonds. The van der Waals surface area contributed by atoms with Crippen LogP contribution in [-0.4, -0.2) is 23.5 Å². The fourth-order valence-corrected chi connectivity index (χ4v) is 3.64. The summed E-state index contributed by atoms with van der Waals surface area (Å²) in [5, 5.41) is 5.65. The van der Waals surface area contributed by atoms with Crippen molar-refractivity contribution in [2.75, 3.05) is 17.7 Å². The number of carbonyl (C=O) groups excluding carboxylic acids is 2. The number of aromatic nitrogens is 1. The molecule has 0 radical (unpaired) electrons. The lowest BCUT2D eigenvalue weighted by atomic mass is 10.2. The summed E-state index contributed by atoms with van der Waals surface area (Å²) in [6.07, 6.45) is 1.84. The highest BCUT2D eigenvalue weighted by atomic mass is 35.5. The minimum atomic E-state index is -0.743. The third-order valence-electron chi connectivity index (χ3n) is 5.14. The van der Waals surface area contributed by atoms with E-state index >= 15 is 0 Å².